The van der Waals surface area contributed by atoms with Gasteiger partial charge in [0.2, 0.25) is 0 Å². The Hall–Kier alpha value is -0.730. The molecule has 0 bridgehead atoms. The van der Waals surface area contributed by atoms with Gasteiger partial charge in [-0.3, -0.25) is 0 Å². The molecule has 1 aromatic carbocycles. The Balaban J connectivity index is 3.23. The Morgan fingerprint density at radius 1 is 1.20 bits per heavy atom. The third-order valence-corrected chi connectivity index (χ3v) is 3.99. The first-order chi connectivity index (χ1) is 9.54. The first-order valence-corrected chi connectivity index (χ1v) is 8.00. The molecule has 0 fully saturated rings. The van der Waals surface area contributed by atoms with Gasteiger partial charge >= 0.3 is 0 Å². The standard InChI is InChI=1S/C17H28ClNO/c1-5-7-13(8-6-9-19)16-11-14(18)10-15(12(2)3)17(16)20-4/h10-13H,5-9,19H2,1-4H3. The summed E-state index contributed by atoms with van der Waals surface area (Å²) in [4.78, 5) is 0. The molecule has 0 saturated carbocycles. The number of ether oxygens (including phenoxy) is 1. The van der Waals surface area contributed by atoms with Crippen molar-refractivity contribution in [3.63, 3.8) is 0 Å². The summed E-state index contributed by atoms with van der Waals surface area (Å²) in [6, 6.07) is 4.10. The number of methoxy groups -OCH3 is 1. The van der Waals surface area contributed by atoms with Crippen LogP contribution in [0.4, 0.5) is 0 Å². The van der Waals surface area contributed by atoms with Crippen molar-refractivity contribution in [3.05, 3.63) is 28.3 Å². The van der Waals surface area contributed by atoms with Crippen molar-refractivity contribution in [3.8, 4) is 5.75 Å². The molecule has 3 heteroatoms. The lowest BCUT2D eigenvalue weighted by molar-refractivity contribution is 0.393. The van der Waals surface area contributed by atoms with E-state index in [9.17, 15) is 0 Å². The average molecular weight is 298 g/mol. The molecule has 0 amide bonds. The highest BCUT2D eigenvalue weighted by molar-refractivity contribution is 6.30. The SMILES string of the molecule is CCCC(CCCN)c1cc(Cl)cc(C(C)C)c1OC. The Bertz CT molecular complexity index is 418. The molecule has 20 heavy (non-hydrogen) atoms. The van der Waals surface area contributed by atoms with Crippen LogP contribution >= 0.6 is 11.6 Å². The van der Waals surface area contributed by atoms with E-state index in [4.69, 9.17) is 22.1 Å². The summed E-state index contributed by atoms with van der Waals surface area (Å²) < 4.78 is 5.71. The van der Waals surface area contributed by atoms with E-state index in [2.05, 4.69) is 26.8 Å². The van der Waals surface area contributed by atoms with Gasteiger partial charge in [-0.25, -0.2) is 0 Å². The monoisotopic (exact) mass is 297 g/mol. The van der Waals surface area contributed by atoms with Gasteiger partial charge in [-0.15, -0.1) is 0 Å². The zero-order valence-corrected chi connectivity index (χ0v) is 14.0. The summed E-state index contributed by atoms with van der Waals surface area (Å²) in [5, 5.41) is 0.804. The van der Waals surface area contributed by atoms with Crippen molar-refractivity contribution >= 4 is 11.6 Å². The third kappa shape index (κ3) is 4.39. The van der Waals surface area contributed by atoms with Crippen LogP contribution in [0.5, 0.6) is 5.75 Å². The summed E-state index contributed by atoms with van der Waals surface area (Å²) in [5.41, 5.74) is 8.12. The maximum atomic E-state index is 6.32. The molecule has 0 radical (unpaired) electrons. The summed E-state index contributed by atoms with van der Waals surface area (Å²) in [7, 11) is 1.75. The minimum Gasteiger partial charge on any atom is -0.496 e. The predicted octanol–water partition coefficient (Wildman–Crippen LogP) is 5.09. The van der Waals surface area contributed by atoms with Crippen molar-refractivity contribution in [2.75, 3.05) is 13.7 Å². The fourth-order valence-electron chi connectivity index (χ4n) is 2.77. The zero-order valence-electron chi connectivity index (χ0n) is 13.2. The van der Waals surface area contributed by atoms with Gasteiger partial charge < -0.3 is 10.5 Å². The van der Waals surface area contributed by atoms with E-state index in [0.717, 1.165) is 43.0 Å². The minimum atomic E-state index is 0.402. The lowest BCUT2D eigenvalue weighted by atomic mass is 9.86. The molecule has 2 N–H and O–H groups in total. The van der Waals surface area contributed by atoms with Gasteiger partial charge in [-0.2, -0.15) is 0 Å². The number of benzene rings is 1. The molecule has 0 aliphatic carbocycles. The summed E-state index contributed by atoms with van der Waals surface area (Å²) in [5.74, 6) is 1.90. The van der Waals surface area contributed by atoms with E-state index < -0.39 is 0 Å². The second kappa shape index (κ2) is 8.53. The molecular weight excluding hydrogens is 270 g/mol. The molecule has 0 heterocycles. The highest BCUT2D eigenvalue weighted by Gasteiger charge is 2.20. The van der Waals surface area contributed by atoms with Crippen LogP contribution in [-0.4, -0.2) is 13.7 Å². The third-order valence-electron chi connectivity index (χ3n) is 3.77. The van der Waals surface area contributed by atoms with Gasteiger partial charge in [0.25, 0.3) is 0 Å². The van der Waals surface area contributed by atoms with Crippen LogP contribution in [0.3, 0.4) is 0 Å². The Kier molecular flexibility index (Phi) is 7.39. The summed E-state index contributed by atoms with van der Waals surface area (Å²) >= 11 is 6.32. The second-order valence-electron chi connectivity index (χ2n) is 5.69. The first kappa shape index (κ1) is 17.3. The fraction of sp³-hybridized carbons (Fsp3) is 0.647. The van der Waals surface area contributed by atoms with Gasteiger partial charge in [0, 0.05) is 5.02 Å². The topological polar surface area (TPSA) is 35.2 Å². The summed E-state index contributed by atoms with van der Waals surface area (Å²) in [6.45, 7) is 7.30. The Morgan fingerprint density at radius 2 is 1.85 bits per heavy atom. The van der Waals surface area contributed by atoms with Crippen molar-refractivity contribution in [1.82, 2.24) is 0 Å². The van der Waals surface area contributed by atoms with Crippen LogP contribution in [0.25, 0.3) is 0 Å². The number of hydrogen-bond acceptors (Lipinski definition) is 2. The maximum Gasteiger partial charge on any atom is 0.125 e. The van der Waals surface area contributed by atoms with E-state index in [0.29, 0.717) is 11.8 Å². The molecule has 0 spiro atoms. The Labute approximate surface area is 128 Å². The molecule has 0 aromatic heterocycles. The highest BCUT2D eigenvalue weighted by Crippen LogP contribution is 2.40. The van der Waals surface area contributed by atoms with E-state index in [1.165, 1.54) is 11.1 Å². The first-order valence-electron chi connectivity index (χ1n) is 7.62. The quantitative estimate of drug-likeness (QED) is 0.725. The fourth-order valence-corrected chi connectivity index (χ4v) is 3.01. The molecule has 1 atom stereocenters. The van der Waals surface area contributed by atoms with Gasteiger partial charge in [-0.05, 0) is 60.9 Å². The van der Waals surface area contributed by atoms with Gasteiger partial charge in [0.05, 0.1) is 7.11 Å². The average Bonchev–Trinajstić information content (AvgIpc) is 2.42. The molecule has 1 aromatic rings. The number of nitrogens with two attached hydrogens (primary N) is 1. The van der Waals surface area contributed by atoms with Crippen LogP contribution in [0.15, 0.2) is 12.1 Å². The normalized spacial score (nSPS) is 12.8. The molecule has 1 rings (SSSR count). The van der Waals surface area contributed by atoms with Crippen molar-refractivity contribution in [1.29, 1.82) is 0 Å². The largest absolute Gasteiger partial charge is 0.496 e. The zero-order chi connectivity index (χ0) is 15.1. The number of rotatable bonds is 8. The lowest BCUT2D eigenvalue weighted by Gasteiger charge is -2.23. The van der Waals surface area contributed by atoms with Crippen molar-refractivity contribution < 1.29 is 4.74 Å². The smallest absolute Gasteiger partial charge is 0.125 e. The maximum absolute atomic E-state index is 6.32. The lowest BCUT2D eigenvalue weighted by Crippen LogP contribution is -2.08. The van der Waals surface area contributed by atoms with Crippen LogP contribution in [0, 0.1) is 0 Å². The van der Waals surface area contributed by atoms with Crippen LogP contribution < -0.4 is 10.5 Å². The van der Waals surface area contributed by atoms with Crippen molar-refractivity contribution in [2.24, 2.45) is 5.73 Å². The van der Waals surface area contributed by atoms with E-state index >= 15 is 0 Å². The van der Waals surface area contributed by atoms with Crippen LogP contribution in [0.2, 0.25) is 5.02 Å². The van der Waals surface area contributed by atoms with Gasteiger partial charge in [0.15, 0.2) is 0 Å². The van der Waals surface area contributed by atoms with E-state index in [1.807, 2.05) is 6.07 Å². The number of hydrogen-bond donors (Lipinski definition) is 1. The van der Waals surface area contributed by atoms with Crippen molar-refractivity contribution in [2.45, 2.75) is 58.3 Å². The van der Waals surface area contributed by atoms with Crippen LogP contribution in [0.1, 0.15) is 69.4 Å². The Morgan fingerprint density at radius 3 is 2.35 bits per heavy atom. The van der Waals surface area contributed by atoms with Crippen LogP contribution in [-0.2, 0) is 0 Å². The molecule has 1 unspecified atom stereocenters. The van der Waals surface area contributed by atoms with Gasteiger partial charge in [-0.1, -0.05) is 38.8 Å². The van der Waals surface area contributed by atoms with Gasteiger partial charge in [0.1, 0.15) is 5.75 Å². The molecule has 114 valence electrons. The second-order valence-corrected chi connectivity index (χ2v) is 6.13. The predicted molar refractivity (Wildman–Crippen MR) is 88.0 cm³/mol. The number of halogens is 1. The molecule has 0 aliphatic rings. The molecule has 0 saturated heterocycles. The highest BCUT2D eigenvalue weighted by atomic mass is 35.5. The minimum absolute atomic E-state index is 0.402. The molecule has 2 nitrogen and oxygen atoms in total. The molecule has 0 aliphatic heterocycles. The van der Waals surface area contributed by atoms with E-state index in [1.54, 1.807) is 7.11 Å². The van der Waals surface area contributed by atoms with E-state index in [-0.39, 0.29) is 0 Å². The molecular formula is C17H28ClNO. The summed E-state index contributed by atoms with van der Waals surface area (Å²) in [6.07, 6.45) is 4.44.